The fourth-order valence-corrected chi connectivity index (χ4v) is 1.43. The summed E-state index contributed by atoms with van der Waals surface area (Å²) in [7, 11) is 0. The first-order valence-corrected chi connectivity index (χ1v) is 5.49. The van der Waals surface area contributed by atoms with Crippen molar-refractivity contribution in [2.75, 3.05) is 5.32 Å². The molecule has 0 aliphatic heterocycles. The van der Waals surface area contributed by atoms with Gasteiger partial charge in [-0.15, -0.1) is 5.10 Å². The number of aromatic nitrogens is 3. The number of anilines is 1. The van der Waals surface area contributed by atoms with Crippen LogP contribution < -0.4 is 5.32 Å². The van der Waals surface area contributed by atoms with E-state index in [4.69, 9.17) is 0 Å². The first-order chi connectivity index (χ1) is 8.99. The number of carbonyl (C=O) groups excluding carboxylic acids is 1. The van der Waals surface area contributed by atoms with Crippen LogP contribution in [0.4, 0.5) is 5.95 Å². The van der Waals surface area contributed by atoms with Gasteiger partial charge in [0.1, 0.15) is 17.1 Å². The molecule has 0 aliphatic carbocycles. The molecule has 7 heteroatoms. The Bertz CT molecular complexity index is 623. The minimum absolute atomic E-state index is 0.00996. The lowest BCUT2D eigenvalue weighted by Gasteiger charge is -2.07. The minimum Gasteiger partial charge on any atom is -0.507 e. The fourth-order valence-electron chi connectivity index (χ4n) is 1.43. The zero-order valence-electron chi connectivity index (χ0n) is 10.4. The van der Waals surface area contributed by atoms with E-state index < -0.39 is 5.91 Å². The van der Waals surface area contributed by atoms with E-state index in [0.29, 0.717) is 11.4 Å². The Balaban J connectivity index is 2.28. The van der Waals surface area contributed by atoms with Crippen LogP contribution in [0.1, 0.15) is 21.7 Å². The van der Waals surface area contributed by atoms with Gasteiger partial charge in [0.05, 0.1) is 11.4 Å². The van der Waals surface area contributed by atoms with Gasteiger partial charge in [0.15, 0.2) is 0 Å². The summed E-state index contributed by atoms with van der Waals surface area (Å²) in [5.74, 6) is -1.35. The van der Waals surface area contributed by atoms with Gasteiger partial charge < -0.3 is 10.2 Å². The van der Waals surface area contributed by atoms with Crippen molar-refractivity contribution in [1.82, 2.24) is 15.2 Å². The zero-order chi connectivity index (χ0) is 14.0. The summed E-state index contributed by atoms with van der Waals surface area (Å²) in [6.07, 6.45) is 0. The third-order valence-electron chi connectivity index (χ3n) is 2.56. The Hall–Kier alpha value is -2.70. The zero-order valence-corrected chi connectivity index (χ0v) is 10.4. The van der Waals surface area contributed by atoms with E-state index in [1.165, 1.54) is 18.2 Å². The van der Waals surface area contributed by atoms with Crippen LogP contribution in [0.5, 0.6) is 11.5 Å². The number of hydrogen-bond acceptors (Lipinski definition) is 6. The van der Waals surface area contributed by atoms with Gasteiger partial charge in [-0.2, -0.15) is 5.10 Å². The van der Waals surface area contributed by atoms with E-state index in [1.807, 2.05) is 0 Å². The fraction of sp³-hybridized carbons (Fsp3) is 0.167. The summed E-state index contributed by atoms with van der Waals surface area (Å²) in [5.41, 5.74) is 1.06. The second-order valence-corrected chi connectivity index (χ2v) is 3.93. The van der Waals surface area contributed by atoms with Crippen molar-refractivity contribution in [3.05, 3.63) is 35.2 Å². The van der Waals surface area contributed by atoms with Gasteiger partial charge in [-0.1, -0.05) is 6.07 Å². The van der Waals surface area contributed by atoms with Crippen LogP contribution in [-0.2, 0) is 0 Å². The second-order valence-electron chi connectivity index (χ2n) is 3.93. The van der Waals surface area contributed by atoms with E-state index >= 15 is 0 Å². The molecular formula is C12H12N4O3. The molecule has 0 saturated heterocycles. The highest BCUT2D eigenvalue weighted by Gasteiger charge is 2.17. The Morgan fingerprint density at radius 1 is 1.11 bits per heavy atom. The van der Waals surface area contributed by atoms with Gasteiger partial charge >= 0.3 is 0 Å². The Kier molecular flexibility index (Phi) is 3.28. The van der Waals surface area contributed by atoms with E-state index in [2.05, 4.69) is 20.5 Å². The van der Waals surface area contributed by atoms with E-state index in [-0.39, 0.29) is 23.0 Å². The van der Waals surface area contributed by atoms with Crippen molar-refractivity contribution in [2.45, 2.75) is 13.8 Å². The lowest BCUT2D eigenvalue weighted by molar-refractivity contribution is 0.102. The maximum atomic E-state index is 11.9. The molecule has 1 aromatic carbocycles. The van der Waals surface area contributed by atoms with Crippen molar-refractivity contribution in [3.63, 3.8) is 0 Å². The van der Waals surface area contributed by atoms with Crippen molar-refractivity contribution in [3.8, 4) is 11.5 Å². The molecule has 19 heavy (non-hydrogen) atoms. The average Bonchev–Trinajstić information content (AvgIpc) is 2.33. The number of nitrogens with zero attached hydrogens (tertiary/aromatic N) is 3. The second kappa shape index (κ2) is 4.89. The van der Waals surface area contributed by atoms with Crippen LogP contribution in [0.25, 0.3) is 0 Å². The van der Waals surface area contributed by atoms with Crippen molar-refractivity contribution in [1.29, 1.82) is 0 Å². The van der Waals surface area contributed by atoms with Gasteiger partial charge in [-0.25, -0.2) is 4.98 Å². The highest BCUT2D eigenvalue weighted by atomic mass is 16.3. The molecule has 0 fully saturated rings. The smallest absolute Gasteiger partial charge is 0.265 e. The van der Waals surface area contributed by atoms with Gasteiger partial charge in [-0.05, 0) is 26.0 Å². The normalized spacial score (nSPS) is 10.2. The number of amides is 1. The number of rotatable bonds is 2. The predicted octanol–water partition coefficient (Wildman–Crippen LogP) is 1.15. The Morgan fingerprint density at radius 3 is 2.32 bits per heavy atom. The van der Waals surface area contributed by atoms with Gasteiger partial charge in [0.2, 0.25) is 5.95 Å². The number of carbonyl (C=O) groups is 1. The lowest BCUT2D eigenvalue weighted by Crippen LogP contribution is -2.16. The molecule has 1 heterocycles. The molecule has 0 radical (unpaired) electrons. The van der Waals surface area contributed by atoms with E-state index in [1.54, 1.807) is 13.8 Å². The summed E-state index contributed by atoms with van der Waals surface area (Å²) in [4.78, 5) is 15.9. The summed E-state index contributed by atoms with van der Waals surface area (Å²) in [6.45, 7) is 3.48. The quantitative estimate of drug-likeness (QED) is 0.747. The first-order valence-electron chi connectivity index (χ1n) is 5.49. The molecule has 3 N–H and O–H groups in total. The summed E-state index contributed by atoms with van der Waals surface area (Å²) >= 11 is 0. The predicted molar refractivity (Wildman–Crippen MR) is 67.0 cm³/mol. The summed E-state index contributed by atoms with van der Waals surface area (Å²) in [6, 6.07) is 4.03. The van der Waals surface area contributed by atoms with Crippen molar-refractivity contribution in [2.24, 2.45) is 0 Å². The molecule has 1 aromatic heterocycles. The number of hydrogen-bond donors (Lipinski definition) is 3. The minimum atomic E-state index is -0.708. The number of benzene rings is 1. The van der Waals surface area contributed by atoms with E-state index in [0.717, 1.165) is 0 Å². The molecule has 0 atom stereocenters. The van der Waals surface area contributed by atoms with Crippen LogP contribution in [0, 0.1) is 13.8 Å². The number of phenolic OH excluding ortho intramolecular Hbond substituents is 2. The van der Waals surface area contributed by atoms with Crippen LogP contribution >= 0.6 is 0 Å². The highest BCUT2D eigenvalue weighted by Crippen LogP contribution is 2.26. The SMILES string of the molecule is Cc1nnc(NC(=O)c2c(O)cccc2O)nc1C. The molecule has 0 saturated carbocycles. The monoisotopic (exact) mass is 260 g/mol. The van der Waals surface area contributed by atoms with Gasteiger partial charge in [-0.3, -0.25) is 10.1 Å². The third-order valence-corrected chi connectivity index (χ3v) is 2.56. The van der Waals surface area contributed by atoms with Gasteiger partial charge in [0, 0.05) is 0 Å². The first kappa shape index (κ1) is 12.7. The van der Waals surface area contributed by atoms with Crippen molar-refractivity contribution < 1.29 is 15.0 Å². The van der Waals surface area contributed by atoms with Crippen LogP contribution in [0.2, 0.25) is 0 Å². The molecular weight excluding hydrogens is 248 g/mol. The molecule has 1 amide bonds. The maximum Gasteiger partial charge on any atom is 0.265 e. The third kappa shape index (κ3) is 2.59. The number of aryl methyl sites for hydroxylation is 2. The molecule has 0 bridgehead atoms. The Morgan fingerprint density at radius 2 is 1.74 bits per heavy atom. The van der Waals surface area contributed by atoms with Crippen LogP contribution in [0.3, 0.4) is 0 Å². The molecule has 2 rings (SSSR count). The summed E-state index contributed by atoms with van der Waals surface area (Å²) < 4.78 is 0. The Labute approximate surface area is 109 Å². The highest BCUT2D eigenvalue weighted by molar-refractivity contribution is 6.07. The van der Waals surface area contributed by atoms with Crippen LogP contribution in [0.15, 0.2) is 18.2 Å². The molecule has 7 nitrogen and oxygen atoms in total. The number of aromatic hydroxyl groups is 2. The standard InChI is InChI=1S/C12H12N4O3/c1-6-7(2)15-16-12(13-6)14-11(19)10-8(17)4-3-5-9(10)18/h3-5,17-18H,1-2H3,(H,13,14,16,19). The lowest BCUT2D eigenvalue weighted by atomic mass is 10.1. The van der Waals surface area contributed by atoms with E-state index in [9.17, 15) is 15.0 Å². The molecule has 98 valence electrons. The molecule has 0 unspecified atom stereocenters. The van der Waals surface area contributed by atoms with Crippen LogP contribution in [-0.4, -0.2) is 31.3 Å². The molecule has 2 aromatic rings. The number of nitrogens with one attached hydrogen (secondary N) is 1. The largest absolute Gasteiger partial charge is 0.507 e. The maximum absolute atomic E-state index is 11.9. The average molecular weight is 260 g/mol. The van der Waals surface area contributed by atoms with Gasteiger partial charge in [0.25, 0.3) is 5.91 Å². The number of phenols is 2. The molecule has 0 spiro atoms. The summed E-state index contributed by atoms with van der Waals surface area (Å²) in [5, 5.41) is 29.0. The topological polar surface area (TPSA) is 108 Å². The van der Waals surface area contributed by atoms with Crippen molar-refractivity contribution >= 4 is 11.9 Å². The molecule has 0 aliphatic rings.